The van der Waals surface area contributed by atoms with Crippen molar-refractivity contribution in [2.45, 2.75) is 26.8 Å². The van der Waals surface area contributed by atoms with Crippen LogP contribution in [0.1, 0.15) is 39.0 Å². The first kappa shape index (κ1) is 21.4. The highest BCUT2D eigenvalue weighted by atomic mass is 35.5. The van der Waals surface area contributed by atoms with Crippen LogP contribution in [0.5, 0.6) is 0 Å². The van der Waals surface area contributed by atoms with Crippen LogP contribution < -0.4 is 4.90 Å². The molecule has 1 N–H and O–H groups in total. The van der Waals surface area contributed by atoms with Crippen molar-refractivity contribution in [3.05, 3.63) is 93.1 Å². The first-order chi connectivity index (χ1) is 15.7. The average Bonchev–Trinajstić information content (AvgIpc) is 3.44. The number of aryl methyl sites for hydroxylation is 3. The summed E-state index contributed by atoms with van der Waals surface area (Å²) in [4.78, 5) is 32.8. The maximum atomic E-state index is 13.4. The van der Waals surface area contributed by atoms with E-state index in [1.165, 1.54) is 22.3 Å². The Morgan fingerprint density at radius 3 is 2.64 bits per heavy atom. The number of benzene rings is 2. The summed E-state index contributed by atoms with van der Waals surface area (Å²) in [5.41, 5.74) is 3.36. The number of nitrogens with zero attached hydrogens (tertiary/aromatic N) is 2. The summed E-state index contributed by atoms with van der Waals surface area (Å²) in [7, 11) is 0. The molecule has 0 spiro atoms. The zero-order valence-corrected chi connectivity index (χ0v) is 19.6. The first-order valence-corrected chi connectivity index (χ1v) is 11.4. The molecule has 0 radical (unpaired) electrons. The van der Waals surface area contributed by atoms with Crippen LogP contribution in [0.25, 0.3) is 10.2 Å². The molecular formula is C25H19ClN2O4S. The second kappa shape index (κ2) is 7.86. The fourth-order valence-corrected chi connectivity index (χ4v) is 5.54. The molecule has 6 nitrogen and oxygen atoms in total. The topological polar surface area (TPSA) is 83.6 Å². The van der Waals surface area contributed by atoms with Crippen LogP contribution >= 0.6 is 22.9 Å². The standard InChI is InChI=1S/C25H19ClN2O4S/c1-12-9-13(2)20-18(10-12)33-25(27-20)28-21(15-5-4-6-16(26)11-15)19(23(30)24(28)31)22(29)17-8-7-14(3)32-17/h4-11,21,30H,1-3H3. The third-order valence-corrected chi connectivity index (χ3v) is 6.84. The van der Waals surface area contributed by atoms with Crippen LogP contribution in [0.4, 0.5) is 5.13 Å². The molecule has 166 valence electrons. The highest BCUT2D eigenvalue weighted by Gasteiger charge is 2.46. The molecule has 0 saturated heterocycles. The van der Waals surface area contributed by atoms with Crippen molar-refractivity contribution in [2.75, 3.05) is 4.90 Å². The van der Waals surface area contributed by atoms with E-state index >= 15 is 0 Å². The SMILES string of the molecule is Cc1cc(C)c2nc(N3C(=O)C(O)=C(C(=O)c4ccc(C)o4)C3c3cccc(Cl)c3)sc2c1. The number of hydrogen-bond donors (Lipinski definition) is 1. The lowest BCUT2D eigenvalue weighted by atomic mass is 9.95. The van der Waals surface area contributed by atoms with Gasteiger partial charge in [-0.05, 0) is 67.8 Å². The van der Waals surface area contributed by atoms with Crippen LogP contribution in [0.15, 0.2) is 64.3 Å². The quantitative estimate of drug-likeness (QED) is 0.350. The third-order valence-electron chi connectivity index (χ3n) is 5.61. The van der Waals surface area contributed by atoms with Crippen molar-refractivity contribution in [3.8, 4) is 0 Å². The number of halogens is 1. The Morgan fingerprint density at radius 1 is 1.15 bits per heavy atom. The monoisotopic (exact) mass is 478 g/mol. The maximum Gasteiger partial charge on any atom is 0.296 e. The average molecular weight is 479 g/mol. The van der Waals surface area contributed by atoms with E-state index in [2.05, 4.69) is 0 Å². The van der Waals surface area contributed by atoms with Crippen LogP contribution in [-0.2, 0) is 4.79 Å². The van der Waals surface area contributed by atoms with Gasteiger partial charge in [-0.15, -0.1) is 0 Å². The number of carbonyl (C=O) groups is 2. The second-order valence-corrected chi connectivity index (χ2v) is 9.50. The Hall–Kier alpha value is -3.42. The summed E-state index contributed by atoms with van der Waals surface area (Å²) in [6, 6.07) is 13.2. The zero-order valence-electron chi connectivity index (χ0n) is 18.0. The van der Waals surface area contributed by atoms with Gasteiger partial charge in [0, 0.05) is 5.02 Å². The third kappa shape index (κ3) is 3.53. The van der Waals surface area contributed by atoms with Crippen molar-refractivity contribution in [1.82, 2.24) is 4.98 Å². The Kier molecular flexibility index (Phi) is 5.11. The van der Waals surface area contributed by atoms with Gasteiger partial charge in [-0.2, -0.15) is 0 Å². The number of Topliss-reactive ketones (excluding diaryl/α,β-unsaturated/α-hetero) is 1. The lowest BCUT2D eigenvalue weighted by Crippen LogP contribution is -2.31. The number of fused-ring (bicyclic) bond motifs is 1. The normalized spacial score (nSPS) is 16.3. The molecular weight excluding hydrogens is 460 g/mol. The number of amides is 1. The number of thiazole rings is 1. The molecule has 0 aliphatic carbocycles. The number of carbonyl (C=O) groups excluding carboxylic acids is 2. The van der Waals surface area contributed by atoms with E-state index in [1.54, 1.807) is 37.3 Å². The first-order valence-electron chi connectivity index (χ1n) is 10.3. The van der Waals surface area contributed by atoms with Gasteiger partial charge < -0.3 is 9.52 Å². The molecule has 8 heteroatoms. The van der Waals surface area contributed by atoms with Gasteiger partial charge in [-0.25, -0.2) is 4.98 Å². The van der Waals surface area contributed by atoms with Gasteiger partial charge >= 0.3 is 0 Å². The van der Waals surface area contributed by atoms with Crippen LogP contribution in [0.2, 0.25) is 5.02 Å². The van der Waals surface area contributed by atoms with Crippen LogP contribution in [0, 0.1) is 20.8 Å². The zero-order chi connectivity index (χ0) is 23.4. The number of aliphatic hydroxyl groups is 1. The fourth-order valence-electron chi connectivity index (χ4n) is 4.18. The summed E-state index contributed by atoms with van der Waals surface area (Å²) in [6.45, 7) is 5.68. The molecule has 0 saturated carbocycles. The van der Waals surface area contributed by atoms with Crippen LogP contribution in [0.3, 0.4) is 0 Å². The number of furan rings is 1. The molecule has 2 aromatic carbocycles. The summed E-state index contributed by atoms with van der Waals surface area (Å²) >= 11 is 7.57. The largest absolute Gasteiger partial charge is 0.503 e. The maximum absolute atomic E-state index is 13.4. The molecule has 1 aliphatic heterocycles. The van der Waals surface area contributed by atoms with Crippen molar-refractivity contribution in [1.29, 1.82) is 0 Å². The minimum Gasteiger partial charge on any atom is -0.503 e. The van der Waals surface area contributed by atoms with Gasteiger partial charge in [0.05, 0.1) is 21.8 Å². The van der Waals surface area contributed by atoms with E-state index in [-0.39, 0.29) is 11.3 Å². The molecule has 1 amide bonds. The predicted octanol–water partition coefficient (Wildman–Crippen LogP) is 6.25. The molecule has 2 aromatic heterocycles. The minimum absolute atomic E-state index is 0.0477. The van der Waals surface area contributed by atoms with E-state index in [0.717, 1.165) is 21.3 Å². The summed E-state index contributed by atoms with van der Waals surface area (Å²) in [5, 5.41) is 11.7. The highest BCUT2D eigenvalue weighted by molar-refractivity contribution is 7.22. The van der Waals surface area contributed by atoms with Crippen LogP contribution in [-0.4, -0.2) is 21.8 Å². The van der Waals surface area contributed by atoms with Gasteiger partial charge in [0.25, 0.3) is 5.91 Å². The molecule has 1 aliphatic rings. The highest BCUT2D eigenvalue weighted by Crippen LogP contribution is 2.45. The predicted molar refractivity (Wildman–Crippen MR) is 128 cm³/mol. The number of hydrogen-bond acceptors (Lipinski definition) is 6. The second-order valence-electron chi connectivity index (χ2n) is 8.06. The molecule has 3 heterocycles. The fraction of sp³-hybridized carbons (Fsp3) is 0.160. The molecule has 33 heavy (non-hydrogen) atoms. The van der Waals surface area contributed by atoms with Gasteiger partial charge in [-0.3, -0.25) is 14.5 Å². The molecule has 0 bridgehead atoms. The molecule has 0 fully saturated rings. The van der Waals surface area contributed by atoms with E-state index in [0.29, 0.717) is 21.5 Å². The van der Waals surface area contributed by atoms with E-state index in [9.17, 15) is 14.7 Å². The van der Waals surface area contributed by atoms with Crippen molar-refractivity contribution in [3.63, 3.8) is 0 Å². The Labute approximate surface area is 198 Å². The number of anilines is 1. The van der Waals surface area contributed by atoms with Crippen molar-refractivity contribution < 1.29 is 19.1 Å². The van der Waals surface area contributed by atoms with E-state index in [4.69, 9.17) is 21.0 Å². The van der Waals surface area contributed by atoms with E-state index < -0.39 is 23.5 Å². The number of rotatable bonds is 4. The molecule has 4 aromatic rings. The van der Waals surface area contributed by atoms with Gasteiger partial charge in [0.1, 0.15) is 5.76 Å². The minimum atomic E-state index is -0.906. The summed E-state index contributed by atoms with van der Waals surface area (Å²) in [5.74, 6) is -1.27. The van der Waals surface area contributed by atoms with Gasteiger partial charge in [0.2, 0.25) is 5.78 Å². The number of aromatic nitrogens is 1. The lowest BCUT2D eigenvalue weighted by Gasteiger charge is -2.24. The summed E-state index contributed by atoms with van der Waals surface area (Å²) < 4.78 is 6.42. The Bertz CT molecular complexity index is 1480. The molecule has 1 unspecified atom stereocenters. The summed E-state index contributed by atoms with van der Waals surface area (Å²) in [6.07, 6.45) is 0. The van der Waals surface area contributed by atoms with Crippen molar-refractivity contribution in [2.24, 2.45) is 0 Å². The smallest absolute Gasteiger partial charge is 0.296 e. The Balaban J connectivity index is 1.70. The van der Waals surface area contributed by atoms with Crippen molar-refractivity contribution >= 4 is 50.0 Å². The van der Waals surface area contributed by atoms with E-state index in [1.807, 2.05) is 26.0 Å². The molecule has 5 rings (SSSR count). The number of aliphatic hydroxyl groups excluding tert-OH is 1. The van der Waals surface area contributed by atoms with Gasteiger partial charge in [0.15, 0.2) is 16.7 Å². The van der Waals surface area contributed by atoms with Gasteiger partial charge in [-0.1, -0.05) is 41.1 Å². The Morgan fingerprint density at radius 2 is 1.94 bits per heavy atom. The number of ketones is 1. The lowest BCUT2D eigenvalue weighted by molar-refractivity contribution is -0.117. The molecule has 1 atom stereocenters.